The molecule has 0 saturated heterocycles. The normalized spacial score (nSPS) is 11.8. The van der Waals surface area contributed by atoms with Crippen LogP contribution < -0.4 is 16.2 Å². The highest BCUT2D eigenvalue weighted by Gasteiger charge is 2.25. The van der Waals surface area contributed by atoms with E-state index in [1.807, 2.05) is 6.07 Å². The first-order chi connectivity index (χ1) is 11.9. The van der Waals surface area contributed by atoms with E-state index in [4.69, 9.17) is 20.9 Å². The Morgan fingerprint density at radius 2 is 1.60 bits per heavy atom. The van der Waals surface area contributed by atoms with Crippen LogP contribution in [-0.4, -0.2) is 24.5 Å². The number of carbonyl (C=O) groups is 2. The number of para-hydroxylation sites is 1. The summed E-state index contributed by atoms with van der Waals surface area (Å²) in [6.45, 7) is 3.34. The highest BCUT2D eigenvalue weighted by molar-refractivity contribution is 5.92. The minimum absolute atomic E-state index is 0.149. The van der Waals surface area contributed by atoms with Crippen molar-refractivity contribution in [1.29, 1.82) is 0 Å². The smallest absolute Gasteiger partial charge is 0.338 e. The van der Waals surface area contributed by atoms with Gasteiger partial charge in [0.2, 0.25) is 0 Å². The maximum Gasteiger partial charge on any atom is 0.338 e. The molecule has 0 fully saturated rings. The number of ketones is 1. The Morgan fingerprint density at radius 3 is 2.16 bits per heavy atom. The fourth-order valence-corrected chi connectivity index (χ4v) is 2.24. The summed E-state index contributed by atoms with van der Waals surface area (Å²) in [7, 11) is 0. The van der Waals surface area contributed by atoms with Gasteiger partial charge in [0, 0.05) is 17.3 Å². The highest BCUT2D eigenvalue weighted by Crippen LogP contribution is 2.17. The zero-order valence-corrected chi connectivity index (χ0v) is 14.3. The molecule has 0 amide bonds. The molecular weight excluding hydrogens is 320 g/mol. The number of anilines is 2. The van der Waals surface area contributed by atoms with Gasteiger partial charge in [0.25, 0.3) is 0 Å². The third-order valence-corrected chi connectivity index (χ3v) is 3.49. The molecule has 1 atom stereocenters. The quantitative estimate of drug-likeness (QED) is 0.592. The van der Waals surface area contributed by atoms with E-state index < -0.39 is 12.1 Å². The Morgan fingerprint density at radius 1 is 1.00 bits per heavy atom. The number of rotatable bonds is 7. The van der Waals surface area contributed by atoms with Gasteiger partial charge in [-0.15, -0.1) is 0 Å². The van der Waals surface area contributed by atoms with Gasteiger partial charge in [-0.2, -0.15) is 0 Å². The zero-order valence-electron chi connectivity index (χ0n) is 14.3. The lowest BCUT2D eigenvalue weighted by atomic mass is 10.0. The van der Waals surface area contributed by atoms with Crippen LogP contribution >= 0.6 is 0 Å². The average molecular weight is 342 g/mol. The number of hydrogen-bond donors (Lipinski definition) is 2. The highest BCUT2D eigenvalue weighted by atomic mass is 16.6. The van der Waals surface area contributed by atoms with Crippen molar-refractivity contribution in [3.63, 3.8) is 0 Å². The van der Waals surface area contributed by atoms with Crippen LogP contribution in [0.15, 0.2) is 48.5 Å². The molecule has 0 aromatic heterocycles. The van der Waals surface area contributed by atoms with Crippen molar-refractivity contribution < 1.29 is 19.1 Å². The number of nitrogen functional groups attached to an aromatic ring is 2. The molecule has 0 radical (unpaired) electrons. The van der Waals surface area contributed by atoms with Gasteiger partial charge in [-0.25, -0.2) is 4.79 Å². The molecule has 4 N–H and O–H groups in total. The van der Waals surface area contributed by atoms with E-state index in [-0.39, 0.29) is 23.9 Å². The van der Waals surface area contributed by atoms with Crippen molar-refractivity contribution in [2.75, 3.05) is 18.1 Å². The van der Waals surface area contributed by atoms with E-state index in [2.05, 4.69) is 0 Å². The van der Waals surface area contributed by atoms with E-state index in [0.717, 1.165) is 0 Å². The molecule has 132 valence electrons. The Bertz CT molecular complexity index is 724. The predicted octanol–water partition coefficient (Wildman–Crippen LogP) is 2.68. The molecule has 0 aliphatic rings. The minimum atomic E-state index is -0.884. The van der Waals surface area contributed by atoms with Gasteiger partial charge in [-0.1, -0.05) is 32.0 Å². The number of benzene rings is 2. The Kier molecular flexibility index (Phi) is 6.00. The maximum atomic E-state index is 12.3. The average Bonchev–Trinajstić information content (AvgIpc) is 2.57. The number of Topliss-reactive ketones (excluding diaryl/α,β-unsaturated/α-hetero) is 1. The Hall–Kier alpha value is -3.02. The summed E-state index contributed by atoms with van der Waals surface area (Å²) in [5.41, 5.74) is 12.3. The molecule has 0 saturated carbocycles. The lowest BCUT2D eigenvalue weighted by Gasteiger charge is -2.20. The second kappa shape index (κ2) is 8.19. The van der Waals surface area contributed by atoms with Crippen LogP contribution in [0.1, 0.15) is 24.2 Å². The molecule has 0 heterocycles. The van der Waals surface area contributed by atoms with E-state index >= 15 is 0 Å². The second-order valence-electron chi connectivity index (χ2n) is 5.96. The Labute approximate surface area is 146 Å². The van der Waals surface area contributed by atoms with Crippen molar-refractivity contribution >= 4 is 23.1 Å². The first-order valence-corrected chi connectivity index (χ1v) is 7.95. The van der Waals surface area contributed by atoms with Crippen LogP contribution in [0.3, 0.4) is 0 Å². The molecule has 25 heavy (non-hydrogen) atoms. The fraction of sp³-hybridized carbons (Fsp3) is 0.263. The molecule has 2 aromatic rings. The second-order valence-corrected chi connectivity index (χ2v) is 5.96. The summed E-state index contributed by atoms with van der Waals surface area (Å²) in [5.74, 6) is -0.484. The standard InChI is InChI=1S/C19H22N2O4/c1-12(2)18(22)17(25-16-6-4-3-5-7-16)11-24-19(23)13-8-14(20)10-15(21)9-13/h3-10,12,17H,11,20-21H2,1-2H3. The first kappa shape index (κ1) is 18.3. The van der Waals surface area contributed by atoms with Gasteiger partial charge < -0.3 is 20.9 Å². The molecule has 0 aliphatic carbocycles. The van der Waals surface area contributed by atoms with Gasteiger partial charge in [0.1, 0.15) is 12.4 Å². The summed E-state index contributed by atoms with van der Waals surface area (Å²) >= 11 is 0. The van der Waals surface area contributed by atoms with Crippen LogP contribution in [-0.2, 0) is 9.53 Å². The number of esters is 1. The predicted molar refractivity (Wildman–Crippen MR) is 96.3 cm³/mol. The number of hydrogen-bond acceptors (Lipinski definition) is 6. The maximum absolute atomic E-state index is 12.3. The van der Waals surface area contributed by atoms with Crippen LogP contribution in [0.4, 0.5) is 11.4 Å². The van der Waals surface area contributed by atoms with Crippen molar-refractivity contribution in [3.05, 3.63) is 54.1 Å². The third kappa shape index (κ3) is 5.24. The topological polar surface area (TPSA) is 105 Å². The van der Waals surface area contributed by atoms with E-state index in [1.165, 1.54) is 12.1 Å². The molecule has 2 aromatic carbocycles. The SMILES string of the molecule is CC(C)C(=O)C(COC(=O)c1cc(N)cc(N)c1)Oc1ccccc1. The van der Waals surface area contributed by atoms with Gasteiger partial charge in [0.05, 0.1) is 5.56 Å². The lowest BCUT2D eigenvalue weighted by Crippen LogP contribution is -2.36. The molecular formula is C19H22N2O4. The molecule has 6 nitrogen and oxygen atoms in total. The Balaban J connectivity index is 2.08. The van der Waals surface area contributed by atoms with E-state index in [0.29, 0.717) is 17.1 Å². The minimum Gasteiger partial charge on any atom is -0.479 e. The van der Waals surface area contributed by atoms with Crippen LogP contribution in [0.25, 0.3) is 0 Å². The van der Waals surface area contributed by atoms with Crippen LogP contribution in [0.5, 0.6) is 5.75 Å². The third-order valence-electron chi connectivity index (χ3n) is 3.49. The molecule has 0 spiro atoms. The zero-order chi connectivity index (χ0) is 18.4. The summed E-state index contributed by atoms with van der Waals surface area (Å²) in [5, 5.41) is 0. The van der Waals surface area contributed by atoms with Crippen LogP contribution in [0, 0.1) is 5.92 Å². The van der Waals surface area contributed by atoms with E-state index in [1.54, 1.807) is 44.2 Å². The van der Waals surface area contributed by atoms with Crippen molar-refractivity contribution in [2.24, 2.45) is 5.92 Å². The number of nitrogens with two attached hydrogens (primary N) is 2. The molecule has 1 unspecified atom stereocenters. The fourth-order valence-electron chi connectivity index (χ4n) is 2.24. The van der Waals surface area contributed by atoms with Crippen molar-refractivity contribution in [1.82, 2.24) is 0 Å². The molecule has 0 bridgehead atoms. The van der Waals surface area contributed by atoms with Crippen molar-refractivity contribution in [2.45, 2.75) is 20.0 Å². The first-order valence-electron chi connectivity index (χ1n) is 7.95. The van der Waals surface area contributed by atoms with Crippen molar-refractivity contribution in [3.8, 4) is 5.75 Å². The number of carbonyl (C=O) groups excluding carboxylic acids is 2. The lowest BCUT2D eigenvalue weighted by molar-refractivity contribution is -0.130. The monoisotopic (exact) mass is 342 g/mol. The largest absolute Gasteiger partial charge is 0.479 e. The van der Waals surface area contributed by atoms with Gasteiger partial charge in [-0.05, 0) is 30.3 Å². The summed E-state index contributed by atoms with van der Waals surface area (Å²) in [6.07, 6.45) is -0.884. The number of ether oxygens (including phenoxy) is 2. The summed E-state index contributed by atoms with van der Waals surface area (Å²) in [4.78, 5) is 24.5. The summed E-state index contributed by atoms with van der Waals surface area (Å²) < 4.78 is 10.9. The van der Waals surface area contributed by atoms with Gasteiger partial charge in [0.15, 0.2) is 11.9 Å². The van der Waals surface area contributed by atoms with Gasteiger partial charge in [-0.3, -0.25) is 4.79 Å². The van der Waals surface area contributed by atoms with Gasteiger partial charge >= 0.3 is 5.97 Å². The van der Waals surface area contributed by atoms with E-state index in [9.17, 15) is 9.59 Å². The molecule has 2 rings (SSSR count). The molecule has 6 heteroatoms. The molecule has 0 aliphatic heterocycles. The van der Waals surface area contributed by atoms with Crippen LogP contribution in [0.2, 0.25) is 0 Å². The summed E-state index contributed by atoms with van der Waals surface area (Å²) in [6, 6.07) is 13.4.